The Morgan fingerprint density at radius 3 is 2.55 bits per heavy atom. The van der Waals surface area contributed by atoms with Crippen molar-refractivity contribution in [2.45, 2.75) is 36.2 Å². The van der Waals surface area contributed by atoms with Crippen LogP contribution >= 0.6 is 0 Å². The van der Waals surface area contributed by atoms with E-state index in [2.05, 4.69) is 40.7 Å². The van der Waals surface area contributed by atoms with E-state index in [1.54, 1.807) is 24.5 Å². The van der Waals surface area contributed by atoms with E-state index in [4.69, 9.17) is 4.74 Å². The quantitative estimate of drug-likeness (QED) is 0.709. The summed E-state index contributed by atoms with van der Waals surface area (Å²) >= 11 is 0. The molecule has 0 bridgehead atoms. The summed E-state index contributed by atoms with van der Waals surface area (Å²) in [5.74, 6) is 0.584. The molecule has 0 radical (unpaired) electrons. The summed E-state index contributed by atoms with van der Waals surface area (Å²) in [6.07, 6.45) is 4.25. The first-order valence-corrected chi connectivity index (χ1v) is 11.6. The molecule has 0 spiro atoms. The second kappa shape index (κ2) is 8.18. The van der Waals surface area contributed by atoms with Gasteiger partial charge in [-0.05, 0) is 30.9 Å². The molecule has 4 rings (SSSR count). The van der Waals surface area contributed by atoms with Gasteiger partial charge in [0.25, 0.3) is 10.0 Å². The highest BCUT2D eigenvalue weighted by atomic mass is 32.2. The monoisotopic (exact) mass is 418 g/mol. The van der Waals surface area contributed by atoms with Gasteiger partial charge in [-0.3, -0.25) is 4.68 Å². The van der Waals surface area contributed by atoms with Gasteiger partial charge in [0.1, 0.15) is 0 Å². The molecule has 0 amide bonds. The molecule has 158 valence electrons. The topological polar surface area (TPSA) is 76.5 Å². The Hall–Kier alpha value is -1.74. The molecule has 0 unspecified atom stereocenters. The van der Waals surface area contributed by atoms with Gasteiger partial charge in [0.2, 0.25) is 0 Å². The summed E-state index contributed by atoms with van der Waals surface area (Å²) < 4.78 is 34.4. The molecule has 1 saturated heterocycles. The average molecular weight is 419 g/mol. The Bertz CT molecular complexity index is 920. The largest absolute Gasteiger partial charge is 0.384 e. The third kappa shape index (κ3) is 4.26. The number of piperidine rings is 1. The molecule has 2 heterocycles. The van der Waals surface area contributed by atoms with E-state index in [9.17, 15) is 8.42 Å². The van der Waals surface area contributed by atoms with Crippen molar-refractivity contribution in [2.24, 2.45) is 12.5 Å². The first-order chi connectivity index (χ1) is 14.0. The van der Waals surface area contributed by atoms with Gasteiger partial charge in [0.05, 0.1) is 12.8 Å². The molecule has 1 N–H and O–H groups in total. The van der Waals surface area contributed by atoms with Crippen LogP contribution in [0, 0.1) is 5.41 Å². The second-order valence-electron chi connectivity index (χ2n) is 8.37. The van der Waals surface area contributed by atoms with E-state index in [0.29, 0.717) is 31.7 Å². The van der Waals surface area contributed by atoms with E-state index >= 15 is 0 Å². The average Bonchev–Trinajstić information content (AvgIpc) is 3.38. The van der Waals surface area contributed by atoms with Crippen LogP contribution < -0.4 is 5.32 Å². The van der Waals surface area contributed by atoms with Gasteiger partial charge in [-0.1, -0.05) is 30.3 Å². The van der Waals surface area contributed by atoms with Crippen LogP contribution in [0.1, 0.15) is 30.7 Å². The van der Waals surface area contributed by atoms with E-state index in [1.165, 1.54) is 16.4 Å². The first kappa shape index (κ1) is 20.5. The number of sulfonamides is 1. The molecule has 1 aromatic carbocycles. The van der Waals surface area contributed by atoms with Crippen LogP contribution in [0.4, 0.5) is 0 Å². The number of nitrogens with zero attached hydrogens (tertiary/aromatic N) is 3. The zero-order chi connectivity index (χ0) is 20.5. The maximum absolute atomic E-state index is 12.9. The highest BCUT2D eigenvalue weighted by Gasteiger charge is 2.43. The van der Waals surface area contributed by atoms with Crippen LogP contribution in [0.3, 0.4) is 0 Å². The van der Waals surface area contributed by atoms with Gasteiger partial charge in [-0.15, -0.1) is 0 Å². The lowest BCUT2D eigenvalue weighted by Gasteiger charge is -2.41. The van der Waals surface area contributed by atoms with Crippen LogP contribution in [0.5, 0.6) is 0 Å². The fourth-order valence-corrected chi connectivity index (χ4v) is 6.00. The van der Waals surface area contributed by atoms with Crippen LogP contribution in [0.2, 0.25) is 0 Å². The molecule has 1 saturated carbocycles. The Balaban J connectivity index is 1.36. The van der Waals surface area contributed by atoms with Crippen molar-refractivity contribution < 1.29 is 13.2 Å². The summed E-state index contributed by atoms with van der Waals surface area (Å²) in [4.78, 5) is 0. The van der Waals surface area contributed by atoms with Gasteiger partial charge in [-0.2, -0.15) is 9.40 Å². The van der Waals surface area contributed by atoms with Gasteiger partial charge in [0.15, 0.2) is 5.03 Å². The van der Waals surface area contributed by atoms with Crippen LogP contribution in [-0.2, 0) is 21.8 Å². The second-order valence-corrected chi connectivity index (χ2v) is 10.3. The fourth-order valence-electron chi connectivity index (χ4n) is 4.46. The maximum atomic E-state index is 12.9. The number of hydrogen-bond donors (Lipinski definition) is 1. The van der Waals surface area contributed by atoms with Crippen molar-refractivity contribution in [1.82, 2.24) is 19.4 Å². The molecular weight excluding hydrogens is 388 g/mol. The van der Waals surface area contributed by atoms with Crippen LogP contribution in [0.25, 0.3) is 0 Å². The van der Waals surface area contributed by atoms with Crippen molar-refractivity contribution >= 4 is 10.0 Å². The minimum Gasteiger partial charge on any atom is -0.384 e. The Morgan fingerprint density at radius 2 is 1.93 bits per heavy atom. The Kier molecular flexibility index (Phi) is 5.79. The number of aryl methyl sites for hydroxylation is 1. The number of aromatic nitrogens is 2. The van der Waals surface area contributed by atoms with E-state index in [0.717, 1.165) is 25.8 Å². The molecule has 2 fully saturated rings. The van der Waals surface area contributed by atoms with Gasteiger partial charge >= 0.3 is 0 Å². The number of rotatable bonds is 8. The number of nitrogens with one attached hydrogen (secondary N) is 1. The highest BCUT2D eigenvalue weighted by Crippen LogP contribution is 2.42. The van der Waals surface area contributed by atoms with E-state index in [-0.39, 0.29) is 10.4 Å². The van der Waals surface area contributed by atoms with Crippen LogP contribution in [-0.4, -0.2) is 61.9 Å². The lowest BCUT2D eigenvalue weighted by molar-refractivity contribution is 0.0386. The third-order valence-electron chi connectivity index (χ3n) is 6.37. The Morgan fingerprint density at radius 1 is 1.21 bits per heavy atom. The molecule has 2 atom stereocenters. The minimum absolute atomic E-state index is 0.0307. The maximum Gasteiger partial charge on any atom is 0.260 e. The van der Waals surface area contributed by atoms with Crippen molar-refractivity contribution in [3.8, 4) is 0 Å². The Labute approximate surface area is 173 Å². The highest BCUT2D eigenvalue weighted by molar-refractivity contribution is 7.89. The SMILES string of the molecule is COCC1(CN[C@H]2C[C@H]2c2ccccc2)CCN(S(=O)(=O)c2ccnn2C)CC1. The molecule has 1 aliphatic heterocycles. The minimum atomic E-state index is -3.51. The zero-order valence-corrected chi connectivity index (χ0v) is 17.9. The summed E-state index contributed by atoms with van der Waals surface area (Å²) in [5.41, 5.74) is 1.36. The van der Waals surface area contributed by atoms with Gasteiger partial charge < -0.3 is 10.1 Å². The number of methoxy groups -OCH3 is 1. The molecule has 1 aromatic heterocycles. The van der Waals surface area contributed by atoms with Crippen molar-refractivity contribution in [3.05, 3.63) is 48.2 Å². The first-order valence-electron chi connectivity index (χ1n) is 10.2. The predicted octanol–water partition coefficient (Wildman–Crippen LogP) is 1.98. The van der Waals surface area contributed by atoms with Crippen LogP contribution in [0.15, 0.2) is 47.6 Å². The van der Waals surface area contributed by atoms with Gasteiger partial charge in [0, 0.05) is 51.2 Å². The predicted molar refractivity (Wildman–Crippen MR) is 111 cm³/mol. The molecule has 1 aliphatic carbocycles. The van der Waals surface area contributed by atoms with Crippen molar-refractivity contribution in [2.75, 3.05) is 33.4 Å². The van der Waals surface area contributed by atoms with Gasteiger partial charge in [-0.25, -0.2) is 8.42 Å². The van der Waals surface area contributed by atoms with E-state index in [1.807, 2.05) is 0 Å². The smallest absolute Gasteiger partial charge is 0.260 e. The normalized spacial score (nSPS) is 24.5. The number of hydrogen-bond acceptors (Lipinski definition) is 5. The zero-order valence-electron chi connectivity index (χ0n) is 17.1. The third-order valence-corrected chi connectivity index (χ3v) is 8.35. The molecular formula is C21H30N4O3S. The fraction of sp³-hybridized carbons (Fsp3) is 0.571. The summed E-state index contributed by atoms with van der Waals surface area (Å²) in [5, 5.41) is 7.98. The number of ether oxygens (including phenoxy) is 1. The molecule has 2 aliphatic rings. The molecule has 29 heavy (non-hydrogen) atoms. The van der Waals surface area contributed by atoms with Crippen molar-refractivity contribution in [1.29, 1.82) is 0 Å². The summed E-state index contributed by atoms with van der Waals surface area (Å²) in [6, 6.07) is 12.7. The number of benzene rings is 1. The lowest BCUT2D eigenvalue weighted by Crippen LogP contribution is -2.49. The summed E-state index contributed by atoms with van der Waals surface area (Å²) in [7, 11) is -0.118. The molecule has 7 nitrogen and oxygen atoms in total. The lowest BCUT2D eigenvalue weighted by atomic mass is 9.79. The summed E-state index contributed by atoms with van der Waals surface area (Å²) in [6.45, 7) is 2.51. The molecule has 8 heteroatoms. The van der Waals surface area contributed by atoms with E-state index < -0.39 is 10.0 Å². The molecule has 2 aromatic rings. The van der Waals surface area contributed by atoms with Crippen molar-refractivity contribution in [3.63, 3.8) is 0 Å². The standard InChI is InChI=1S/C21H30N4O3S/c1-24-20(8-11-23-24)29(26,27)25-12-9-21(10-13-25,16-28-2)15-22-19-14-18(19)17-6-4-3-5-7-17/h3-8,11,18-19,22H,9-10,12-16H2,1-2H3/t18-,19-/m0/s1.